The second-order valence-corrected chi connectivity index (χ2v) is 4.21. The Bertz CT molecular complexity index is 744. The number of imidazole rings is 1. The topological polar surface area (TPSA) is 69.6 Å². The van der Waals surface area contributed by atoms with Crippen LogP contribution in [0.5, 0.6) is 0 Å². The number of anilines is 1. The standard InChI is InChI=1S/C14H13N5/c1-2-19-9-17-12-8-16-13(18-14(12)19)7-10-5-3-4-6-11(10)15/h2-6,8-9H,1,7,15H2. The van der Waals surface area contributed by atoms with Crippen LogP contribution in [-0.2, 0) is 6.42 Å². The van der Waals surface area contributed by atoms with E-state index >= 15 is 0 Å². The van der Waals surface area contributed by atoms with Crippen LogP contribution in [0.25, 0.3) is 17.4 Å². The smallest absolute Gasteiger partial charge is 0.167 e. The van der Waals surface area contributed by atoms with Gasteiger partial charge < -0.3 is 5.73 Å². The number of hydrogen-bond donors (Lipinski definition) is 1. The van der Waals surface area contributed by atoms with Gasteiger partial charge in [-0.1, -0.05) is 24.8 Å². The van der Waals surface area contributed by atoms with Crippen LogP contribution in [0.1, 0.15) is 11.4 Å². The summed E-state index contributed by atoms with van der Waals surface area (Å²) in [7, 11) is 0. The average molecular weight is 251 g/mol. The van der Waals surface area contributed by atoms with E-state index in [1.807, 2.05) is 24.3 Å². The lowest BCUT2D eigenvalue weighted by molar-refractivity contribution is 0.979. The molecule has 19 heavy (non-hydrogen) atoms. The van der Waals surface area contributed by atoms with Crippen molar-refractivity contribution in [2.24, 2.45) is 0 Å². The molecule has 3 aromatic rings. The second-order valence-electron chi connectivity index (χ2n) is 4.21. The Morgan fingerprint density at radius 2 is 2.11 bits per heavy atom. The Balaban J connectivity index is 2.01. The minimum atomic E-state index is 0.602. The highest BCUT2D eigenvalue weighted by Gasteiger charge is 2.07. The quantitative estimate of drug-likeness (QED) is 0.724. The van der Waals surface area contributed by atoms with E-state index in [0.29, 0.717) is 12.2 Å². The summed E-state index contributed by atoms with van der Waals surface area (Å²) in [5.74, 6) is 0.717. The van der Waals surface area contributed by atoms with Gasteiger partial charge >= 0.3 is 0 Å². The summed E-state index contributed by atoms with van der Waals surface area (Å²) in [4.78, 5) is 13.0. The van der Waals surface area contributed by atoms with Crippen molar-refractivity contribution in [2.75, 3.05) is 5.73 Å². The molecule has 0 fully saturated rings. The van der Waals surface area contributed by atoms with Crippen molar-refractivity contribution < 1.29 is 0 Å². The average Bonchev–Trinajstić information content (AvgIpc) is 2.84. The van der Waals surface area contributed by atoms with Gasteiger partial charge in [0.25, 0.3) is 0 Å². The minimum absolute atomic E-state index is 0.602. The maximum atomic E-state index is 5.93. The highest BCUT2D eigenvalue weighted by atomic mass is 15.1. The first kappa shape index (κ1) is 11.4. The van der Waals surface area contributed by atoms with E-state index in [-0.39, 0.29) is 0 Å². The maximum Gasteiger partial charge on any atom is 0.167 e. The molecule has 5 heteroatoms. The first-order valence-electron chi connectivity index (χ1n) is 5.92. The molecule has 1 aromatic carbocycles. The molecule has 0 unspecified atom stereocenters. The molecular weight excluding hydrogens is 238 g/mol. The van der Waals surface area contributed by atoms with Gasteiger partial charge in [0.05, 0.1) is 6.20 Å². The fourth-order valence-corrected chi connectivity index (χ4v) is 1.95. The highest BCUT2D eigenvalue weighted by molar-refractivity contribution is 5.71. The van der Waals surface area contributed by atoms with Crippen LogP contribution < -0.4 is 5.73 Å². The van der Waals surface area contributed by atoms with E-state index in [9.17, 15) is 0 Å². The second kappa shape index (κ2) is 4.53. The van der Waals surface area contributed by atoms with Gasteiger partial charge in [-0.15, -0.1) is 0 Å². The Hall–Kier alpha value is -2.69. The molecule has 0 radical (unpaired) electrons. The number of para-hydroxylation sites is 1. The zero-order valence-electron chi connectivity index (χ0n) is 10.3. The third-order valence-electron chi connectivity index (χ3n) is 2.97. The van der Waals surface area contributed by atoms with Crippen LogP contribution in [0.15, 0.2) is 43.4 Å². The van der Waals surface area contributed by atoms with E-state index in [2.05, 4.69) is 21.5 Å². The van der Waals surface area contributed by atoms with Crippen LogP contribution in [0, 0.1) is 0 Å². The van der Waals surface area contributed by atoms with E-state index in [1.54, 1.807) is 23.3 Å². The Morgan fingerprint density at radius 3 is 2.89 bits per heavy atom. The molecule has 2 N–H and O–H groups in total. The van der Waals surface area contributed by atoms with Gasteiger partial charge in [-0.25, -0.2) is 15.0 Å². The summed E-state index contributed by atoms with van der Waals surface area (Å²) in [6.45, 7) is 3.72. The monoisotopic (exact) mass is 251 g/mol. The van der Waals surface area contributed by atoms with Crippen LogP contribution in [-0.4, -0.2) is 19.5 Å². The number of aromatic nitrogens is 4. The molecule has 94 valence electrons. The Kier molecular flexibility index (Phi) is 2.72. The number of benzene rings is 1. The van der Waals surface area contributed by atoms with Crippen molar-refractivity contribution >= 4 is 23.1 Å². The fourth-order valence-electron chi connectivity index (χ4n) is 1.95. The van der Waals surface area contributed by atoms with Crippen LogP contribution in [0.3, 0.4) is 0 Å². The van der Waals surface area contributed by atoms with Gasteiger partial charge in [0.15, 0.2) is 5.65 Å². The van der Waals surface area contributed by atoms with Gasteiger partial charge in [0, 0.05) is 18.3 Å². The number of fused-ring (bicyclic) bond motifs is 1. The molecule has 2 aromatic heterocycles. The number of nitrogen functional groups attached to an aromatic ring is 1. The summed E-state index contributed by atoms with van der Waals surface area (Å²) in [6, 6.07) is 7.73. The Morgan fingerprint density at radius 1 is 1.26 bits per heavy atom. The van der Waals surface area contributed by atoms with Gasteiger partial charge in [-0.2, -0.15) is 0 Å². The lowest BCUT2D eigenvalue weighted by Crippen LogP contribution is -2.01. The molecule has 0 atom stereocenters. The van der Waals surface area contributed by atoms with Crippen molar-refractivity contribution in [1.29, 1.82) is 0 Å². The largest absolute Gasteiger partial charge is 0.398 e. The molecule has 5 nitrogen and oxygen atoms in total. The molecule has 2 heterocycles. The Labute approximate surface area is 110 Å². The molecule has 0 saturated heterocycles. The first-order valence-corrected chi connectivity index (χ1v) is 5.92. The van der Waals surface area contributed by atoms with Gasteiger partial charge in [-0.05, 0) is 11.6 Å². The van der Waals surface area contributed by atoms with Crippen LogP contribution >= 0.6 is 0 Å². The molecule has 0 saturated carbocycles. The minimum Gasteiger partial charge on any atom is -0.398 e. The van der Waals surface area contributed by atoms with Gasteiger partial charge in [-0.3, -0.25) is 4.57 Å². The number of hydrogen-bond acceptors (Lipinski definition) is 4. The zero-order chi connectivity index (χ0) is 13.2. The summed E-state index contributed by atoms with van der Waals surface area (Å²) >= 11 is 0. The SMILES string of the molecule is C=Cn1cnc2cnc(Cc3ccccc3N)nc21. The van der Waals surface area contributed by atoms with Crippen molar-refractivity contribution in [3.8, 4) is 0 Å². The molecule has 0 spiro atoms. The number of nitrogens with two attached hydrogens (primary N) is 1. The first-order chi connectivity index (χ1) is 9.28. The molecular formula is C14H13N5. The van der Waals surface area contributed by atoms with Crippen LogP contribution in [0.2, 0.25) is 0 Å². The zero-order valence-corrected chi connectivity index (χ0v) is 10.3. The van der Waals surface area contributed by atoms with Crippen molar-refractivity contribution in [2.45, 2.75) is 6.42 Å². The third-order valence-corrected chi connectivity index (χ3v) is 2.97. The van der Waals surface area contributed by atoms with Gasteiger partial charge in [0.2, 0.25) is 0 Å². The number of nitrogens with zero attached hydrogens (tertiary/aromatic N) is 4. The highest BCUT2D eigenvalue weighted by Crippen LogP contribution is 2.15. The van der Waals surface area contributed by atoms with E-state index in [1.165, 1.54) is 0 Å². The summed E-state index contributed by atoms with van der Waals surface area (Å²) in [6.07, 6.45) is 5.66. The molecule has 3 rings (SSSR count). The normalized spacial score (nSPS) is 10.7. The predicted molar refractivity (Wildman–Crippen MR) is 75.4 cm³/mol. The van der Waals surface area contributed by atoms with E-state index in [0.717, 1.165) is 22.4 Å². The fraction of sp³-hybridized carbons (Fsp3) is 0.0714. The van der Waals surface area contributed by atoms with E-state index in [4.69, 9.17) is 5.73 Å². The molecule has 0 amide bonds. The lowest BCUT2D eigenvalue weighted by atomic mass is 10.1. The lowest BCUT2D eigenvalue weighted by Gasteiger charge is -2.04. The van der Waals surface area contributed by atoms with E-state index < -0.39 is 0 Å². The summed E-state index contributed by atoms with van der Waals surface area (Å²) in [5.41, 5.74) is 9.21. The van der Waals surface area contributed by atoms with Crippen molar-refractivity contribution in [3.63, 3.8) is 0 Å². The van der Waals surface area contributed by atoms with Crippen molar-refractivity contribution in [3.05, 3.63) is 54.8 Å². The van der Waals surface area contributed by atoms with Gasteiger partial charge in [0.1, 0.15) is 17.7 Å². The third kappa shape index (κ3) is 2.06. The van der Waals surface area contributed by atoms with Crippen LogP contribution in [0.4, 0.5) is 5.69 Å². The number of rotatable bonds is 3. The molecule has 0 bridgehead atoms. The maximum absolute atomic E-state index is 5.93. The predicted octanol–water partition coefficient (Wildman–Crippen LogP) is 2.10. The van der Waals surface area contributed by atoms with Crippen molar-refractivity contribution in [1.82, 2.24) is 19.5 Å². The molecule has 0 aliphatic heterocycles. The molecule has 0 aliphatic carbocycles. The molecule has 0 aliphatic rings. The summed E-state index contributed by atoms with van der Waals surface area (Å²) < 4.78 is 1.77. The summed E-state index contributed by atoms with van der Waals surface area (Å²) in [5, 5.41) is 0.